The van der Waals surface area contributed by atoms with Crippen molar-refractivity contribution in [1.29, 1.82) is 0 Å². The van der Waals surface area contributed by atoms with Gasteiger partial charge in [0, 0.05) is 28.5 Å². The molecule has 3 aliphatic heterocycles. The number of hydrogen-bond acceptors (Lipinski definition) is 1. The molecule has 7 aromatic rings. The summed E-state index contributed by atoms with van der Waals surface area (Å²) in [5, 5.41) is 2.49. The lowest BCUT2D eigenvalue weighted by Gasteiger charge is -2.33. The molecule has 5 heteroatoms. The van der Waals surface area contributed by atoms with E-state index < -0.39 is 5.66 Å². The molecule has 0 fully saturated rings. The molecule has 1 unspecified atom stereocenters. The summed E-state index contributed by atoms with van der Waals surface area (Å²) in [6.45, 7) is 0. The molecule has 0 saturated heterocycles. The van der Waals surface area contributed by atoms with Crippen molar-refractivity contribution < 1.29 is 14.0 Å². The second-order valence-corrected chi connectivity index (χ2v) is 10.3. The summed E-state index contributed by atoms with van der Waals surface area (Å²) in [6.07, 6.45) is 6.57. The number of nitrogens with zero attached hydrogens (tertiary/aromatic N) is 4. The highest BCUT2D eigenvalue weighted by Gasteiger charge is 2.68. The van der Waals surface area contributed by atoms with Crippen molar-refractivity contribution in [3.63, 3.8) is 0 Å². The fraction of sp³-hybridized carbons (Fsp3) is 0.0303. The van der Waals surface area contributed by atoms with Crippen LogP contribution in [0.15, 0.2) is 122 Å². The zero-order valence-corrected chi connectivity index (χ0v) is 20.2. The highest BCUT2D eigenvalue weighted by molar-refractivity contribution is 6.11. The summed E-state index contributed by atoms with van der Waals surface area (Å²) in [5.41, 5.74) is 7.52. The maximum atomic E-state index is 6.97. The van der Waals surface area contributed by atoms with Crippen LogP contribution in [0.4, 0.5) is 0 Å². The first kappa shape index (κ1) is 19.0. The van der Waals surface area contributed by atoms with Crippen molar-refractivity contribution in [3.8, 4) is 34.1 Å². The molecule has 0 bridgehead atoms. The van der Waals surface area contributed by atoms with E-state index >= 15 is 0 Å². The van der Waals surface area contributed by atoms with E-state index in [-0.39, 0.29) is 0 Å². The fourth-order valence-electron chi connectivity index (χ4n) is 7.26. The molecule has 5 nitrogen and oxygen atoms in total. The van der Waals surface area contributed by atoms with Gasteiger partial charge in [0.2, 0.25) is 6.20 Å². The number of rotatable bonds is 1. The molecular formula is C33H20N4O+2. The lowest BCUT2D eigenvalue weighted by Crippen LogP contribution is -2.76. The topological polar surface area (TPSA) is 26.8 Å². The van der Waals surface area contributed by atoms with Crippen LogP contribution in [0.2, 0.25) is 0 Å². The van der Waals surface area contributed by atoms with E-state index in [2.05, 4.69) is 140 Å². The predicted molar refractivity (Wildman–Crippen MR) is 144 cm³/mol. The van der Waals surface area contributed by atoms with Crippen LogP contribution in [0, 0.1) is 0 Å². The molecule has 1 spiro atoms. The number of benzene rings is 4. The second kappa shape index (κ2) is 6.21. The van der Waals surface area contributed by atoms with E-state index in [9.17, 15) is 0 Å². The Kier molecular flexibility index (Phi) is 3.11. The van der Waals surface area contributed by atoms with E-state index in [1.165, 1.54) is 32.9 Å². The van der Waals surface area contributed by atoms with Crippen molar-refractivity contribution >= 4 is 21.8 Å². The first-order valence-electron chi connectivity index (χ1n) is 13.0. The Bertz CT molecular complexity index is 2170. The number of pyridine rings is 1. The number of fused-ring (bicyclic) bond motifs is 7. The Morgan fingerprint density at radius 1 is 0.684 bits per heavy atom. The van der Waals surface area contributed by atoms with Crippen LogP contribution >= 0.6 is 0 Å². The first-order valence-corrected chi connectivity index (χ1v) is 13.0. The van der Waals surface area contributed by atoms with Gasteiger partial charge in [-0.2, -0.15) is 9.13 Å². The Morgan fingerprint density at radius 2 is 1.55 bits per heavy atom. The number of hydrogen-bond donors (Lipinski definition) is 0. The summed E-state index contributed by atoms with van der Waals surface area (Å²) >= 11 is 0. The zero-order chi connectivity index (χ0) is 24.6. The van der Waals surface area contributed by atoms with Crippen LogP contribution in [0.3, 0.4) is 0 Å². The van der Waals surface area contributed by atoms with Gasteiger partial charge in [0.25, 0.3) is 5.82 Å². The summed E-state index contributed by atoms with van der Waals surface area (Å²) in [5.74, 6) is 2.95. The van der Waals surface area contributed by atoms with E-state index in [1.807, 2.05) is 0 Å². The first-order chi connectivity index (χ1) is 18.9. The minimum absolute atomic E-state index is 0.632. The molecule has 38 heavy (non-hydrogen) atoms. The van der Waals surface area contributed by atoms with Crippen molar-refractivity contribution in [2.24, 2.45) is 0 Å². The molecule has 0 amide bonds. The van der Waals surface area contributed by atoms with Gasteiger partial charge in [-0.25, -0.2) is 0 Å². The SMILES string of the molecule is c1ccc(-c2ccc3c4c2Oc2ccc5c6ccccc6n6c5c2C4([n+]2ccccc2-6)[n+]2cccn2-3)cc1. The van der Waals surface area contributed by atoms with E-state index in [0.717, 1.165) is 34.1 Å². The average Bonchev–Trinajstić information content (AvgIpc) is 3.66. The monoisotopic (exact) mass is 488 g/mol. The molecule has 10 rings (SSSR count). The molecule has 0 aliphatic carbocycles. The molecule has 3 aromatic heterocycles. The highest BCUT2D eigenvalue weighted by atomic mass is 16.5. The summed E-state index contributed by atoms with van der Waals surface area (Å²) in [6, 6.07) is 36.7. The molecule has 176 valence electrons. The van der Waals surface area contributed by atoms with Gasteiger partial charge in [-0.05, 0) is 48.0 Å². The lowest BCUT2D eigenvalue weighted by atomic mass is 9.82. The van der Waals surface area contributed by atoms with Gasteiger partial charge in [0.15, 0.2) is 22.4 Å². The molecule has 6 heterocycles. The van der Waals surface area contributed by atoms with Crippen molar-refractivity contribution in [1.82, 2.24) is 9.25 Å². The van der Waals surface area contributed by atoms with Gasteiger partial charge in [-0.3, -0.25) is 0 Å². The fourth-order valence-corrected chi connectivity index (χ4v) is 7.26. The molecule has 0 saturated carbocycles. The lowest BCUT2D eigenvalue weighted by molar-refractivity contribution is -0.993. The zero-order valence-electron chi connectivity index (χ0n) is 20.2. The van der Waals surface area contributed by atoms with Crippen LogP contribution in [0.5, 0.6) is 11.5 Å². The van der Waals surface area contributed by atoms with Crippen molar-refractivity contribution in [2.75, 3.05) is 0 Å². The standard InChI is InChI=1S/C33H20N4O/c1-2-9-21(10-3-1)22-14-16-26-29-32(22)38-27-17-15-24-23-11-4-5-12-25(23)37-28-13-6-7-18-34(28)33(29,30(27)31(24)37)36-20-8-19-35(26)36/h1-20H/q+2. The van der Waals surface area contributed by atoms with Crippen molar-refractivity contribution in [2.45, 2.75) is 5.66 Å². The van der Waals surface area contributed by atoms with Crippen LogP contribution in [-0.2, 0) is 5.66 Å². The van der Waals surface area contributed by atoms with Gasteiger partial charge in [-0.1, -0.05) is 53.2 Å². The Balaban J connectivity index is 1.49. The molecule has 0 N–H and O–H groups in total. The normalized spacial score (nSPS) is 17.3. The second-order valence-electron chi connectivity index (χ2n) is 10.3. The van der Waals surface area contributed by atoms with Crippen LogP contribution < -0.4 is 14.0 Å². The smallest absolute Gasteiger partial charge is 0.397 e. The quantitative estimate of drug-likeness (QED) is 0.267. The average molecular weight is 489 g/mol. The minimum atomic E-state index is -0.632. The minimum Gasteiger partial charge on any atom is -0.455 e. The summed E-state index contributed by atoms with van der Waals surface area (Å²) in [4.78, 5) is 0. The third-order valence-corrected chi connectivity index (χ3v) is 8.61. The molecule has 4 aromatic carbocycles. The molecule has 0 radical (unpaired) electrons. The van der Waals surface area contributed by atoms with Gasteiger partial charge >= 0.3 is 5.66 Å². The van der Waals surface area contributed by atoms with Crippen LogP contribution in [0.1, 0.15) is 11.1 Å². The predicted octanol–water partition coefficient (Wildman–Crippen LogP) is 5.85. The number of ether oxygens (including phenoxy) is 1. The van der Waals surface area contributed by atoms with Crippen molar-refractivity contribution in [3.05, 3.63) is 133 Å². The van der Waals surface area contributed by atoms with E-state index in [1.54, 1.807) is 0 Å². The van der Waals surface area contributed by atoms with Crippen LogP contribution in [-0.4, -0.2) is 9.25 Å². The van der Waals surface area contributed by atoms with Gasteiger partial charge < -0.3 is 4.74 Å². The van der Waals surface area contributed by atoms with E-state index in [0.29, 0.717) is 0 Å². The summed E-state index contributed by atoms with van der Waals surface area (Å²) < 4.78 is 16.5. The van der Waals surface area contributed by atoms with Gasteiger partial charge in [0.05, 0.1) is 12.4 Å². The van der Waals surface area contributed by atoms with E-state index in [4.69, 9.17) is 4.74 Å². The summed E-state index contributed by atoms with van der Waals surface area (Å²) in [7, 11) is 0. The molecule has 3 aliphatic rings. The Labute approximate surface area is 217 Å². The Morgan fingerprint density at radius 3 is 2.50 bits per heavy atom. The number of aromatic nitrogens is 4. The highest BCUT2D eigenvalue weighted by Crippen LogP contribution is 2.57. The molecule has 1 atom stereocenters. The third kappa shape index (κ3) is 1.88. The Hall–Kier alpha value is -5.16. The van der Waals surface area contributed by atoms with Gasteiger partial charge in [0.1, 0.15) is 17.0 Å². The molecular weight excluding hydrogens is 468 g/mol. The largest absolute Gasteiger partial charge is 0.455 e. The third-order valence-electron chi connectivity index (χ3n) is 8.61. The number of para-hydroxylation sites is 1. The maximum absolute atomic E-state index is 6.97. The maximum Gasteiger partial charge on any atom is 0.397 e. The van der Waals surface area contributed by atoms with Crippen LogP contribution in [0.25, 0.3) is 44.4 Å². The van der Waals surface area contributed by atoms with Gasteiger partial charge in [-0.15, -0.1) is 4.68 Å².